The van der Waals surface area contributed by atoms with Gasteiger partial charge in [0.25, 0.3) is 0 Å². The molecule has 0 aromatic heterocycles. The summed E-state index contributed by atoms with van der Waals surface area (Å²) in [5, 5.41) is 0. The van der Waals surface area contributed by atoms with Gasteiger partial charge in [-0.1, -0.05) is 18.2 Å². The van der Waals surface area contributed by atoms with E-state index < -0.39 is 0 Å². The topological polar surface area (TPSA) is 40.1 Å². The van der Waals surface area contributed by atoms with E-state index in [0.29, 0.717) is 6.61 Å². The molecule has 0 saturated carbocycles. The summed E-state index contributed by atoms with van der Waals surface area (Å²) in [6, 6.07) is 7.82. The van der Waals surface area contributed by atoms with Crippen LogP contribution in [-0.4, -0.2) is 24.6 Å². The van der Waals surface area contributed by atoms with Gasteiger partial charge < -0.3 is 15.4 Å². The minimum absolute atomic E-state index is 0.580. The van der Waals surface area contributed by atoms with Gasteiger partial charge in [0.1, 0.15) is 6.61 Å². The van der Waals surface area contributed by atoms with Crippen molar-refractivity contribution in [2.45, 2.75) is 19.3 Å². The molecule has 3 N–H and O–H groups in total. The van der Waals surface area contributed by atoms with Gasteiger partial charge in [0.15, 0.2) is 11.4 Å². The second-order valence-electron chi connectivity index (χ2n) is 4.79. The maximum atomic E-state index is 5.63. The molecule has 1 saturated heterocycles. The number of para-hydroxylation sites is 1. The van der Waals surface area contributed by atoms with Crippen molar-refractivity contribution in [1.29, 1.82) is 0 Å². The maximum Gasteiger partial charge on any atom is 0.180 e. The molecule has 1 heterocycles. The summed E-state index contributed by atoms with van der Waals surface area (Å²) in [5.41, 5.74) is 4.86. The van der Waals surface area contributed by atoms with Crippen molar-refractivity contribution in [3.05, 3.63) is 48.7 Å². The number of quaternary nitrogens is 1. The maximum absolute atomic E-state index is 5.63. The molecule has 1 aliphatic rings. The van der Waals surface area contributed by atoms with Crippen LogP contribution in [0, 0.1) is 0 Å². The van der Waals surface area contributed by atoms with Crippen molar-refractivity contribution >= 4 is 5.69 Å². The van der Waals surface area contributed by atoms with E-state index >= 15 is 0 Å². The van der Waals surface area contributed by atoms with Crippen LogP contribution in [0.2, 0.25) is 0 Å². The fraction of sp³-hybridized carbons (Fsp3) is 0.375. The minimum Gasteiger partial charge on any atom is -0.483 e. The van der Waals surface area contributed by atoms with Crippen LogP contribution in [0.1, 0.15) is 19.3 Å². The lowest BCUT2D eigenvalue weighted by Crippen LogP contribution is -2.40. The van der Waals surface area contributed by atoms with Gasteiger partial charge in [0.2, 0.25) is 0 Å². The summed E-state index contributed by atoms with van der Waals surface area (Å²) < 4.78 is 5.63. The van der Waals surface area contributed by atoms with Crippen molar-refractivity contribution in [3.63, 3.8) is 0 Å². The highest BCUT2D eigenvalue weighted by molar-refractivity contribution is 5.44. The van der Waals surface area contributed by atoms with Gasteiger partial charge in [0, 0.05) is 19.2 Å². The number of hydrogen-bond donors (Lipinski definition) is 1. The Labute approximate surface area is 115 Å². The van der Waals surface area contributed by atoms with Crippen molar-refractivity contribution < 1.29 is 10.5 Å². The highest BCUT2D eigenvalue weighted by Gasteiger charge is 2.04. The van der Waals surface area contributed by atoms with E-state index in [4.69, 9.17) is 4.74 Å². The number of allylic oxidation sites excluding steroid dienone is 2. The number of rotatable bonds is 5. The smallest absolute Gasteiger partial charge is 0.180 e. The van der Waals surface area contributed by atoms with Crippen LogP contribution in [0.3, 0.4) is 0 Å². The fourth-order valence-corrected chi connectivity index (χ4v) is 2.16. The third-order valence-corrected chi connectivity index (χ3v) is 3.24. The van der Waals surface area contributed by atoms with E-state index in [0.717, 1.165) is 11.4 Å². The molecule has 1 fully saturated rings. The molecule has 2 rings (SSSR count). The van der Waals surface area contributed by atoms with E-state index in [1.165, 1.54) is 32.4 Å². The molecule has 19 heavy (non-hydrogen) atoms. The first kappa shape index (κ1) is 13.7. The molecule has 3 heteroatoms. The standard InChI is InChI=1S/C16H22N2O/c17-15-9-3-4-10-16(15)19-14-8-2-7-13-18-11-5-1-6-12-18/h2-4,7-10,13H,1,5-6,11-12,14,17H2/p+1/b8-2+,13-7+. The lowest BCUT2D eigenvalue weighted by atomic mass is 10.1. The van der Waals surface area contributed by atoms with E-state index in [1.54, 1.807) is 0 Å². The van der Waals surface area contributed by atoms with Gasteiger partial charge in [0.05, 0.1) is 0 Å². The number of piperidine rings is 1. The third-order valence-electron chi connectivity index (χ3n) is 3.24. The van der Waals surface area contributed by atoms with Gasteiger partial charge in [-0.2, -0.15) is 0 Å². The molecule has 0 amide bonds. The molecule has 0 spiro atoms. The highest BCUT2D eigenvalue weighted by atomic mass is 16.5. The molecule has 0 unspecified atom stereocenters. The number of likely N-dealkylation sites (tertiary alicyclic amines) is 1. The van der Waals surface area contributed by atoms with Gasteiger partial charge in [-0.25, -0.2) is 0 Å². The molecule has 1 aromatic carbocycles. The second-order valence-corrected chi connectivity index (χ2v) is 4.79. The quantitative estimate of drug-likeness (QED) is 0.825. The number of benzene rings is 1. The summed E-state index contributed by atoms with van der Waals surface area (Å²) in [4.78, 5) is 2.37. The summed E-state index contributed by atoms with van der Waals surface area (Å²) in [6.07, 6.45) is 12.3. The van der Waals surface area contributed by atoms with Gasteiger partial charge in [-0.3, -0.25) is 0 Å². The Balaban J connectivity index is 1.69. The molecule has 102 valence electrons. The Hall–Kier alpha value is -1.74. The number of hydrogen-bond acceptors (Lipinski definition) is 2. The third kappa shape index (κ3) is 4.79. The predicted molar refractivity (Wildman–Crippen MR) is 78.2 cm³/mol. The zero-order valence-corrected chi connectivity index (χ0v) is 11.4. The first-order chi connectivity index (χ1) is 9.36. The fourth-order valence-electron chi connectivity index (χ4n) is 2.16. The Morgan fingerprint density at radius 1 is 1.11 bits per heavy atom. The molecule has 0 bridgehead atoms. The van der Waals surface area contributed by atoms with Crippen LogP contribution in [-0.2, 0) is 0 Å². The Morgan fingerprint density at radius 2 is 1.89 bits per heavy atom. The lowest BCUT2D eigenvalue weighted by molar-refractivity contribution is -0.256. The van der Waals surface area contributed by atoms with Crippen LogP contribution < -0.4 is 10.5 Å². The minimum atomic E-state index is 0.580. The molecule has 1 aromatic rings. The largest absolute Gasteiger partial charge is 0.483 e. The zero-order chi connectivity index (χ0) is 13.3. The summed E-state index contributed by atoms with van der Waals surface area (Å²) >= 11 is 0. The van der Waals surface area contributed by atoms with Crippen molar-refractivity contribution in [3.8, 4) is 5.75 Å². The normalized spacial score (nSPS) is 16.4. The van der Waals surface area contributed by atoms with Gasteiger partial charge in [-0.05, 0) is 43.7 Å². The molecule has 0 atom stereocenters. The van der Waals surface area contributed by atoms with Crippen LogP contribution >= 0.6 is 0 Å². The van der Waals surface area contributed by atoms with E-state index in [9.17, 15) is 0 Å². The van der Waals surface area contributed by atoms with Crippen molar-refractivity contribution in [2.24, 2.45) is 0 Å². The highest BCUT2D eigenvalue weighted by Crippen LogP contribution is 2.17. The molecule has 1 aliphatic heterocycles. The lowest BCUT2D eigenvalue weighted by Gasteiger charge is -2.24. The summed E-state index contributed by atoms with van der Waals surface area (Å²) in [6.45, 7) is 2.96. The Morgan fingerprint density at radius 3 is 2.68 bits per heavy atom. The van der Waals surface area contributed by atoms with Crippen LogP contribution in [0.15, 0.2) is 48.7 Å². The molecular formula is C16H23N2O+. The van der Waals surface area contributed by atoms with Gasteiger partial charge in [-0.15, -0.1) is 0 Å². The van der Waals surface area contributed by atoms with E-state index in [2.05, 4.69) is 22.9 Å². The first-order valence-corrected chi connectivity index (χ1v) is 6.97. The first-order valence-electron chi connectivity index (χ1n) is 6.97. The average molecular weight is 259 g/mol. The van der Waals surface area contributed by atoms with E-state index in [1.807, 2.05) is 36.4 Å². The number of nitrogens with zero attached hydrogens (tertiary/aromatic N) is 1. The SMILES string of the molecule is [NH3+]c1ccccc1OC/C=C/C=C/N1CCCCC1. The van der Waals surface area contributed by atoms with Gasteiger partial charge >= 0.3 is 0 Å². The average Bonchev–Trinajstić information content (AvgIpc) is 2.45. The van der Waals surface area contributed by atoms with Crippen LogP contribution in [0.4, 0.5) is 5.69 Å². The monoisotopic (exact) mass is 259 g/mol. The second kappa shape index (κ2) is 7.64. The molecular weight excluding hydrogens is 236 g/mol. The summed E-state index contributed by atoms with van der Waals surface area (Å²) in [7, 11) is 0. The molecule has 3 nitrogen and oxygen atoms in total. The Kier molecular flexibility index (Phi) is 5.50. The van der Waals surface area contributed by atoms with Crippen molar-refractivity contribution in [2.75, 3.05) is 19.7 Å². The predicted octanol–water partition coefficient (Wildman–Crippen LogP) is 2.49. The Bertz CT molecular complexity index is 434. The van der Waals surface area contributed by atoms with Crippen LogP contribution in [0.25, 0.3) is 0 Å². The van der Waals surface area contributed by atoms with Crippen molar-refractivity contribution in [1.82, 2.24) is 4.90 Å². The molecule has 0 radical (unpaired) electrons. The summed E-state index contributed by atoms with van der Waals surface area (Å²) in [5.74, 6) is 0.854. The van der Waals surface area contributed by atoms with Crippen LogP contribution in [0.5, 0.6) is 5.75 Å². The zero-order valence-electron chi connectivity index (χ0n) is 11.4. The van der Waals surface area contributed by atoms with E-state index in [-0.39, 0.29) is 0 Å². The number of ether oxygens (including phenoxy) is 1. The molecule has 0 aliphatic carbocycles.